The fourth-order valence-electron chi connectivity index (χ4n) is 0.268. The van der Waals surface area contributed by atoms with Gasteiger partial charge in [-0.1, -0.05) is 6.58 Å². The number of carbonyl (C=O) groups is 1. The molecule has 0 atom stereocenters. The normalized spacial score (nSPS) is 7.22. The van der Waals surface area contributed by atoms with E-state index >= 15 is 0 Å². The summed E-state index contributed by atoms with van der Waals surface area (Å²) in [6, 6.07) is 0. The summed E-state index contributed by atoms with van der Waals surface area (Å²) in [5, 5.41) is 2.50. The van der Waals surface area contributed by atoms with E-state index in [4.69, 9.17) is 5.73 Å². The highest BCUT2D eigenvalue weighted by atomic mass is 35.5. The number of nitrogens with one attached hydrogen (secondary N) is 1. The Balaban J connectivity index is 0. The van der Waals surface area contributed by atoms with Crippen LogP contribution in [0.5, 0.6) is 0 Å². The second-order valence-electron chi connectivity index (χ2n) is 1.28. The van der Waals surface area contributed by atoms with Crippen LogP contribution in [0, 0.1) is 0 Å². The van der Waals surface area contributed by atoms with E-state index in [1.54, 1.807) is 0 Å². The standard InChI is InChI=1S/C5H10N2O.ClH/c1-2-5(8)7-4-3-6;/h2H,1,3-4,6H2,(H,7,8);1H. The lowest BCUT2D eigenvalue weighted by molar-refractivity contribution is -0.116. The van der Waals surface area contributed by atoms with Gasteiger partial charge in [0.2, 0.25) is 5.91 Å². The molecule has 0 radical (unpaired) electrons. The van der Waals surface area contributed by atoms with Crippen LogP contribution in [0.15, 0.2) is 12.7 Å². The summed E-state index contributed by atoms with van der Waals surface area (Å²) < 4.78 is 0. The molecule has 0 bridgehead atoms. The van der Waals surface area contributed by atoms with Gasteiger partial charge in [-0.25, -0.2) is 0 Å². The lowest BCUT2D eigenvalue weighted by Gasteiger charge is -1.94. The SMILES string of the molecule is C=CC(=O)NCCN.Cl. The molecule has 0 unspecified atom stereocenters. The first-order valence-corrected chi connectivity index (χ1v) is 2.41. The predicted octanol–water partition coefficient (Wildman–Crippen LogP) is -0.331. The van der Waals surface area contributed by atoms with E-state index in [-0.39, 0.29) is 18.3 Å². The molecule has 0 saturated carbocycles. The molecule has 0 aromatic carbocycles. The highest BCUT2D eigenvalue weighted by molar-refractivity contribution is 5.86. The Morgan fingerprint density at radius 2 is 2.33 bits per heavy atom. The zero-order chi connectivity index (χ0) is 6.41. The van der Waals surface area contributed by atoms with Gasteiger partial charge in [-0.05, 0) is 6.08 Å². The first kappa shape index (κ1) is 11.3. The molecule has 0 aromatic rings. The van der Waals surface area contributed by atoms with Crippen LogP contribution < -0.4 is 11.1 Å². The van der Waals surface area contributed by atoms with Crippen LogP contribution in [-0.4, -0.2) is 19.0 Å². The van der Waals surface area contributed by atoms with Gasteiger partial charge in [0.15, 0.2) is 0 Å². The van der Waals surface area contributed by atoms with Gasteiger partial charge in [-0.2, -0.15) is 0 Å². The second kappa shape index (κ2) is 7.46. The van der Waals surface area contributed by atoms with Crippen molar-refractivity contribution in [2.24, 2.45) is 5.73 Å². The maximum Gasteiger partial charge on any atom is 0.243 e. The summed E-state index contributed by atoms with van der Waals surface area (Å²) in [4.78, 5) is 10.3. The van der Waals surface area contributed by atoms with Gasteiger partial charge in [0.05, 0.1) is 0 Å². The van der Waals surface area contributed by atoms with Gasteiger partial charge in [-0.15, -0.1) is 12.4 Å². The van der Waals surface area contributed by atoms with E-state index in [2.05, 4.69) is 11.9 Å². The van der Waals surface area contributed by atoms with Gasteiger partial charge in [0.25, 0.3) is 0 Å². The van der Waals surface area contributed by atoms with Crippen molar-refractivity contribution in [1.29, 1.82) is 0 Å². The fraction of sp³-hybridized carbons (Fsp3) is 0.400. The second-order valence-corrected chi connectivity index (χ2v) is 1.28. The molecule has 0 spiro atoms. The summed E-state index contributed by atoms with van der Waals surface area (Å²) in [6.07, 6.45) is 1.22. The lowest BCUT2D eigenvalue weighted by atomic mass is 10.5. The van der Waals surface area contributed by atoms with Crippen LogP contribution in [0.25, 0.3) is 0 Å². The maximum atomic E-state index is 10.3. The fourth-order valence-corrected chi connectivity index (χ4v) is 0.268. The third kappa shape index (κ3) is 7.46. The molecule has 1 amide bonds. The molecule has 0 aliphatic heterocycles. The van der Waals surface area contributed by atoms with Gasteiger partial charge in [0.1, 0.15) is 0 Å². The van der Waals surface area contributed by atoms with Crippen LogP contribution in [-0.2, 0) is 4.79 Å². The number of nitrogens with two attached hydrogens (primary N) is 1. The summed E-state index contributed by atoms with van der Waals surface area (Å²) in [7, 11) is 0. The Kier molecular flexibility index (Phi) is 9.35. The molecule has 0 heterocycles. The largest absolute Gasteiger partial charge is 0.351 e. The van der Waals surface area contributed by atoms with E-state index in [0.717, 1.165) is 0 Å². The highest BCUT2D eigenvalue weighted by Crippen LogP contribution is 1.61. The Bertz CT molecular complexity index is 95.0. The molecule has 54 valence electrons. The first-order valence-electron chi connectivity index (χ1n) is 2.41. The Morgan fingerprint density at radius 3 is 2.67 bits per heavy atom. The number of hydrogen-bond donors (Lipinski definition) is 2. The topological polar surface area (TPSA) is 55.1 Å². The molecule has 0 saturated heterocycles. The summed E-state index contributed by atoms with van der Waals surface area (Å²) in [5.41, 5.74) is 5.08. The predicted molar refractivity (Wildman–Crippen MR) is 39.5 cm³/mol. The number of halogens is 1. The average Bonchev–Trinajstić information content (AvgIpc) is 1.83. The van der Waals surface area contributed by atoms with E-state index in [1.807, 2.05) is 0 Å². The molecule has 4 heteroatoms. The monoisotopic (exact) mass is 150 g/mol. The molecule has 0 rings (SSSR count). The molecule has 0 aliphatic carbocycles. The zero-order valence-corrected chi connectivity index (χ0v) is 5.91. The lowest BCUT2D eigenvalue weighted by Crippen LogP contribution is -2.27. The van der Waals surface area contributed by atoms with Gasteiger partial charge >= 0.3 is 0 Å². The minimum atomic E-state index is -0.171. The Labute approximate surface area is 60.7 Å². The van der Waals surface area contributed by atoms with E-state index in [9.17, 15) is 4.79 Å². The van der Waals surface area contributed by atoms with Crippen LogP contribution in [0.1, 0.15) is 0 Å². The van der Waals surface area contributed by atoms with Crippen molar-refractivity contribution in [1.82, 2.24) is 5.32 Å². The number of carbonyl (C=O) groups excluding carboxylic acids is 1. The van der Waals surface area contributed by atoms with Gasteiger partial charge < -0.3 is 11.1 Å². The molecular formula is C5H11ClN2O. The van der Waals surface area contributed by atoms with Crippen LogP contribution in [0.4, 0.5) is 0 Å². The maximum absolute atomic E-state index is 10.3. The highest BCUT2D eigenvalue weighted by Gasteiger charge is 1.86. The third-order valence-corrected chi connectivity index (χ3v) is 0.629. The molecule has 3 nitrogen and oxygen atoms in total. The molecule has 9 heavy (non-hydrogen) atoms. The Morgan fingerprint density at radius 1 is 1.78 bits per heavy atom. The van der Waals surface area contributed by atoms with Crippen LogP contribution in [0.2, 0.25) is 0 Å². The van der Waals surface area contributed by atoms with E-state index in [0.29, 0.717) is 13.1 Å². The van der Waals surface area contributed by atoms with E-state index < -0.39 is 0 Å². The van der Waals surface area contributed by atoms with Crippen molar-refractivity contribution in [3.8, 4) is 0 Å². The van der Waals surface area contributed by atoms with Crippen LogP contribution >= 0.6 is 12.4 Å². The van der Waals surface area contributed by atoms with Crippen molar-refractivity contribution in [2.75, 3.05) is 13.1 Å². The number of hydrogen-bond acceptors (Lipinski definition) is 2. The van der Waals surface area contributed by atoms with Crippen molar-refractivity contribution in [3.63, 3.8) is 0 Å². The summed E-state index contributed by atoms with van der Waals surface area (Å²) >= 11 is 0. The summed E-state index contributed by atoms with van der Waals surface area (Å²) in [6.45, 7) is 4.25. The van der Waals surface area contributed by atoms with Crippen molar-refractivity contribution in [3.05, 3.63) is 12.7 Å². The molecule has 0 aromatic heterocycles. The molecule has 0 fully saturated rings. The number of amides is 1. The van der Waals surface area contributed by atoms with Crippen molar-refractivity contribution in [2.45, 2.75) is 0 Å². The molecular weight excluding hydrogens is 140 g/mol. The van der Waals surface area contributed by atoms with Crippen molar-refractivity contribution < 1.29 is 4.79 Å². The summed E-state index contributed by atoms with van der Waals surface area (Å²) in [5.74, 6) is -0.171. The van der Waals surface area contributed by atoms with Gasteiger partial charge in [-0.3, -0.25) is 4.79 Å². The number of rotatable bonds is 3. The Hall–Kier alpha value is -0.540. The van der Waals surface area contributed by atoms with E-state index in [1.165, 1.54) is 6.08 Å². The average molecular weight is 151 g/mol. The smallest absolute Gasteiger partial charge is 0.243 e. The van der Waals surface area contributed by atoms with Gasteiger partial charge in [0, 0.05) is 13.1 Å². The molecule has 0 aliphatic rings. The minimum absolute atomic E-state index is 0. The minimum Gasteiger partial charge on any atom is -0.351 e. The quantitative estimate of drug-likeness (QED) is 0.542. The van der Waals surface area contributed by atoms with Crippen molar-refractivity contribution >= 4 is 18.3 Å². The third-order valence-electron chi connectivity index (χ3n) is 0.629. The first-order chi connectivity index (χ1) is 3.81. The zero-order valence-electron chi connectivity index (χ0n) is 5.09. The molecule has 3 N–H and O–H groups in total. The van der Waals surface area contributed by atoms with Crippen LogP contribution in [0.3, 0.4) is 0 Å².